The van der Waals surface area contributed by atoms with Gasteiger partial charge in [0.2, 0.25) is 0 Å². The normalized spacial score (nSPS) is 19.8. The molecule has 0 spiro atoms. The molecule has 2 aliphatic rings. The van der Waals surface area contributed by atoms with Gasteiger partial charge in [0.1, 0.15) is 12.0 Å². The molecule has 2 aliphatic carbocycles. The minimum atomic E-state index is -1.26. The number of ether oxygens (including phenoxy) is 1. The maximum Gasteiger partial charge on any atom is 0.339 e. The molecule has 0 aliphatic heterocycles. The van der Waals surface area contributed by atoms with Gasteiger partial charge in [0.25, 0.3) is 0 Å². The van der Waals surface area contributed by atoms with Crippen LogP contribution in [0.1, 0.15) is 92.5 Å². The van der Waals surface area contributed by atoms with E-state index in [9.17, 15) is 34.5 Å². The third kappa shape index (κ3) is 3.73. The maximum absolute atomic E-state index is 13.3. The summed E-state index contributed by atoms with van der Waals surface area (Å²) in [5.74, 6) is -5.59. The summed E-state index contributed by atoms with van der Waals surface area (Å²) in [5, 5.41) is 28.7. The zero-order valence-electron chi connectivity index (χ0n) is 19.0. The lowest BCUT2D eigenvalue weighted by atomic mass is 9.76. The molecular formula is C26H26O8. The molecule has 2 aromatic carbocycles. The van der Waals surface area contributed by atoms with Crippen LogP contribution in [0.2, 0.25) is 0 Å². The van der Waals surface area contributed by atoms with Crippen LogP contribution in [0, 0.1) is 5.92 Å². The number of hydrogen-bond acceptors (Lipinski definition) is 5. The number of fused-ring (bicyclic) bond motifs is 2. The van der Waals surface area contributed by atoms with Crippen molar-refractivity contribution in [3.8, 4) is 0 Å². The first-order valence-corrected chi connectivity index (χ1v) is 11.3. The number of aryl methyl sites for hydroxylation is 1. The van der Waals surface area contributed by atoms with Gasteiger partial charge in [0.05, 0.1) is 16.7 Å². The number of carboxylic acid groups (broad SMARTS) is 3. The van der Waals surface area contributed by atoms with Gasteiger partial charge in [-0.15, -0.1) is 0 Å². The second-order valence-electron chi connectivity index (χ2n) is 9.04. The van der Waals surface area contributed by atoms with Gasteiger partial charge in [-0.3, -0.25) is 4.79 Å². The van der Waals surface area contributed by atoms with Gasteiger partial charge in [0.15, 0.2) is 0 Å². The zero-order valence-corrected chi connectivity index (χ0v) is 19.0. The first-order chi connectivity index (χ1) is 16.1. The molecule has 178 valence electrons. The third-order valence-corrected chi connectivity index (χ3v) is 7.54. The first-order valence-electron chi connectivity index (χ1n) is 11.3. The van der Waals surface area contributed by atoms with Crippen LogP contribution in [0.15, 0.2) is 30.3 Å². The summed E-state index contributed by atoms with van der Waals surface area (Å²) >= 11 is 0. The van der Waals surface area contributed by atoms with Crippen LogP contribution in [0.4, 0.5) is 0 Å². The van der Waals surface area contributed by atoms with Crippen LogP contribution in [0.25, 0.3) is 0 Å². The van der Waals surface area contributed by atoms with Crippen LogP contribution >= 0.6 is 0 Å². The molecule has 0 amide bonds. The van der Waals surface area contributed by atoms with Crippen molar-refractivity contribution < 1.29 is 39.2 Å². The quantitative estimate of drug-likeness (QED) is 0.515. The Kier molecular flexibility index (Phi) is 5.93. The molecule has 0 heterocycles. The number of esters is 1. The van der Waals surface area contributed by atoms with Crippen LogP contribution < -0.4 is 0 Å². The minimum Gasteiger partial charge on any atom is -0.481 e. The molecule has 34 heavy (non-hydrogen) atoms. The number of hydrogen-bond donors (Lipinski definition) is 3. The number of carbonyl (C=O) groups excluding carboxylic acids is 1. The number of carboxylic acids is 3. The smallest absolute Gasteiger partial charge is 0.339 e. The Morgan fingerprint density at radius 2 is 1.65 bits per heavy atom. The highest BCUT2D eigenvalue weighted by Gasteiger charge is 2.42. The average molecular weight is 466 g/mol. The van der Waals surface area contributed by atoms with Crippen LogP contribution in [-0.2, 0) is 27.8 Å². The Hall–Kier alpha value is -3.68. The molecule has 3 N–H and O–H groups in total. The molecule has 8 nitrogen and oxygen atoms in total. The van der Waals surface area contributed by atoms with Crippen molar-refractivity contribution in [1.82, 2.24) is 0 Å². The van der Waals surface area contributed by atoms with Gasteiger partial charge in [-0.2, -0.15) is 0 Å². The van der Waals surface area contributed by atoms with Crippen LogP contribution in [-0.4, -0.2) is 39.2 Å². The Labute approximate surface area is 196 Å². The largest absolute Gasteiger partial charge is 0.481 e. The molecule has 2 unspecified atom stereocenters. The molecule has 0 saturated carbocycles. The van der Waals surface area contributed by atoms with Gasteiger partial charge >= 0.3 is 23.9 Å². The Morgan fingerprint density at radius 1 is 0.941 bits per heavy atom. The highest BCUT2D eigenvalue weighted by atomic mass is 16.5. The van der Waals surface area contributed by atoms with Crippen molar-refractivity contribution in [1.29, 1.82) is 0 Å². The molecule has 8 heteroatoms. The van der Waals surface area contributed by atoms with Gasteiger partial charge in [-0.25, -0.2) is 14.4 Å². The van der Waals surface area contributed by atoms with Crippen LogP contribution in [0.5, 0.6) is 0 Å². The molecule has 2 atom stereocenters. The van der Waals surface area contributed by atoms with E-state index in [1.165, 1.54) is 24.3 Å². The number of aromatic carboxylic acids is 2. The predicted octanol–water partition coefficient (Wildman–Crippen LogP) is 4.24. The number of aliphatic carboxylic acids is 1. The van der Waals surface area contributed by atoms with E-state index in [2.05, 4.69) is 13.8 Å². The summed E-state index contributed by atoms with van der Waals surface area (Å²) in [4.78, 5) is 48.5. The molecule has 0 radical (unpaired) electrons. The van der Waals surface area contributed by atoms with Crippen molar-refractivity contribution >= 4 is 23.9 Å². The van der Waals surface area contributed by atoms with E-state index in [1.54, 1.807) is 6.07 Å². The predicted molar refractivity (Wildman–Crippen MR) is 120 cm³/mol. The Bertz CT molecular complexity index is 1210. The van der Waals surface area contributed by atoms with Gasteiger partial charge < -0.3 is 20.1 Å². The standard InChI is InChI=1S/C26H26O8/c1-3-26(4-2)8-7-13-10-17(23(29)30)18(12-20(13)26)25(33)34-21-16-6-5-14(22(27)28)9-15(16)11-19(21)24(31)32/h5-6,9-10,12,19,21H,3-4,7-8,11H2,1-2H3,(H,27,28)(H,29,30)(H,31,32). The Morgan fingerprint density at radius 3 is 2.24 bits per heavy atom. The van der Waals surface area contributed by atoms with E-state index < -0.39 is 35.9 Å². The zero-order chi connectivity index (χ0) is 24.8. The second-order valence-corrected chi connectivity index (χ2v) is 9.04. The monoisotopic (exact) mass is 466 g/mol. The summed E-state index contributed by atoms with van der Waals surface area (Å²) < 4.78 is 5.65. The lowest BCUT2D eigenvalue weighted by molar-refractivity contribution is -0.145. The van der Waals surface area contributed by atoms with Gasteiger partial charge in [0, 0.05) is 0 Å². The molecule has 0 bridgehead atoms. The Balaban J connectivity index is 1.75. The van der Waals surface area contributed by atoms with E-state index in [1.807, 2.05) is 0 Å². The summed E-state index contributed by atoms with van der Waals surface area (Å²) in [6.45, 7) is 4.14. The maximum atomic E-state index is 13.3. The molecule has 0 saturated heterocycles. The summed E-state index contributed by atoms with van der Waals surface area (Å²) in [5.41, 5.74) is 2.36. The van der Waals surface area contributed by atoms with Gasteiger partial charge in [-0.1, -0.05) is 19.9 Å². The molecule has 0 fully saturated rings. The highest BCUT2D eigenvalue weighted by Crippen LogP contribution is 2.46. The fraction of sp³-hybridized carbons (Fsp3) is 0.385. The lowest BCUT2D eigenvalue weighted by Gasteiger charge is -2.28. The summed E-state index contributed by atoms with van der Waals surface area (Å²) in [6, 6.07) is 7.33. The second kappa shape index (κ2) is 8.59. The van der Waals surface area contributed by atoms with Gasteiger partial charge in [-0.05, 0) is 84.0 Å². The SMILES string of the molecule is CCC1(CC)CCc2cc(C(=O)O)c(C(=O)OC3c4ccc(C(=O)O)cc4CC3C(=O)O)cc21. The van der Waals surface area contributed by atoms with E-state index >= 15 is 0 Å². The number of benzene rings is 2. The average Bonchev–Trinajstić information content (AvgIpc) is 3.36. The van der Waals surface area contributed by atoms with E-state index in [4.69, 9.17) is 4.74 Å². The minimum absolute atomic E-state index is 0.00842. The van der Waals surface area contributed by atoms with Crippen molar-refractivity contribution in [3.63, 3.8) is 0 Å². The van der Waals surface area contributed by atoms with Crippen molar-refractivity contribution in [3.05, 3.63) is 69.3 Å². The first kappa shape index (κ1) is 23.5. The topological polar surface area (TPSA) is 138 Å². The third-order valence-electron chi connectivity index (χ3n) is 7.54. The number of rotatable bonds is 7. The molecule has 4 rings (SSSR count). The fourth-order valence-corrected chi connectivity index (χ4v) is 5.48. The summed E-state index contributed by atoms with van der Waals surface area (Å²) in [6.07, 6.45) is 2.15. The van der Waals surface area contributed by atoms with E-state index in [0.717, 1.165) is 36.8 Å². The van der Waals surface area contributed by atoms with E-state index in [0.29, 0.717) is 11.1 Å². The van der Waals surface area contributed by atoms with Crippen molar-refractivity contribution in [2.45, 2.75) is 57.5 Å². The van der Waals surface area contributed by atoms with Crippen molar-refractivity contribution in [2.75, 3.05) is 0 Å². The molecule has 0 aromatic heterocycles. The van der Waals surface area contributed by atoms with Crippen molar-refractivity contribution in [2.24, 2.45) is 5.92 Å². The number of carbonyl (C=O) groups is 4. The fourth-order valence-electron chi connectivity index (χ4n) is 5.48. The lowest BCUT2D eigenvalue weighted by Crippen LogP contribution is -2.25. The molecular weight excluding hydrogens is 440 g/mol. The highest BCUT2D eigenvalue weighted by molar-refractivity contribution is 6.03. The van der Waals surface area contributed by atoms with Crippen LogP contribution in [0.3, 0.4) is 0 Å². The van der Waals surface area contributed by atoms with E-state index in [-0.39, 0.29) is 28.5 Å². The summed E-state index contributed by atoms with van der Waals surface area (Å²) in [7, 11) is 0. The molecule has 2 aromatic rings.